The van der Waals surface area contributed by atoms with Gasteiger partial charge < -0.3 is 62.7 Å². The summed E-state index contributed by atoms with van der Waals surface area (Å²) in [4.78, 5) is 40.7. The molecule has 62 heavy (non-hydrogen) atoms. The van der Waals surface area contributed by atoms with Gasteiger partial charge in [0.25, 0.3) is 0 Å². The van der Waals surface area contributed by atoms with Crippen molar-refractivity contribution in [1.29, 1.82) is 0 Å². The van der Waals surface area contributed by atoms with Gasteiger partial charge in [0.2, 0.25) is 5.79 Å². The maximum Gasteiger partial charge on any atom is 0.311 e. The van der Waals surface area contributed by atoms with Gasteiger partial charge in [-0.25, -0.2) is 0 Å². The van der Waals surface area contributed by atoms with Crippen molar-refractivity contribution in [3.8, 4) is 0 Å². The van der Waals surface area contributed by atoms with Crippen LogP contribution in [0.3, 0.4) is 0 Å². The van der Waals surface area contributed by atoms with E-state index in [1.165, 1.54) is 0 Å². The maximum absolute atomic E-state index is 14.1. The Balaban J connectivity index is 1.01. The lowest BCUT2D eigenvalue weighted by Gasteiger charge is -2.46. The van der Waals surface area contributed by atoms with Crippen molar-refractivity contribution < 1.29 is 72.3 Å². The Morgan fingerprint density at radius 1 is 0.806 bits per heavy atom. The molecule has 0 aliphatic carbocycles. The quantitative estimate of drug-likeness (QED) is 0.260. The molecule has 0 unspecified atom stereocenters. The van der Waals surface area contributed by atoms with E-state index < -0.39 is 107 Å². The van der Waals surface area contributed by atoms with Crippen LogP contribution in [0.1, 0.15) is 131 Å². The number of hydrogen-bond donors (Lipinski definition) is 3. The average molecular weight is 873 g/mol. The number of aliphatic hydroxyl groups is 3. The molecule has 0 aromatic rings. The second-order valence-electron chi connectivity index (χ2n) is 21.0. The van der Waals surface area contributed by atoms with Gasteiger partial charge in [-0.15, -0.1) is 0 Å². The molecule has 0 aromatic heterocycles. The molecular formula is C47H68O15. The number of aliphatic hydroxyl groups excluding tert-OH is 2. The average Bonchev–Trinajstić information content (AvgIpc) is 4.06. The van der Waals surface area contributed by atoms with E-state index >= 15 is 0 Å². The summed E-state index contributed by atoms with van der Waals surface area (Å²) in [5, 5.41) is 34.8. The number of carbonyl (C=O) groups is 3. The molecule has 346 valence electrons. The highest BCUT2D eigenvalue weighted by Crippen LogP contribution is 2.55. The Morgan fingerprint density at radius 3 is 2.39 bits per heavy atom. The van der Waals surface area contributed by atoms with Gasteiger partial charge in [0.1, 0.15) is 53.9 Å². The normalized spacial score (nSPS) is 54.9. The Labute approximate surface area is 364 Å². The van der Waals surface area contributed by atoms with Gasteiger partial charge in [-0.1, -0.05) is 37.6 Å². The number of aldehydes is 1. The smallest absolute Gasteiger partial charge is 0.311 e. The Hall–Kier alpha value is -2.15. The van der Waals surface area contributed by atoms with Gasteiger partial charge in [-0.3, -0.25) is 9.59 Å². The molecule has 9 aliphatic rings. The molecule has 8 saturated heterocycles. The van der Waals surface area contributed by atoms with Crippen LogP contribution >= 0.6 is 0 Å². The minimum Gasteiger partial charge on any atom is -0.459 e. The van der Waals surface area contributed by atoms with Crippen molar-refractivity contribution in [1.82, 2.24) is 0 Å². The van der Waals surface area contributed by atoms with Crippen LogP contribution in [0.25, 0.3) is 0 Å². The Morgan fingerprint density at radius 2 is 1.60 bits per heavy atom. The molecular weight excluding hydrogens is 805 g/mol. The van der Waals surface area contributed by atoms with Gasteiger partial charge in [0.15, 0.2) is 23.6 Å². The lowest BCUT2D eigenvalue weighted by atomic mass is 9.87. The topological polar surface area (TPSA) is 195 Å². The number of Topliss-reactive ketones (excluding diaryl/α,β-unsaturated/α-hetero) is 1. The predicted molar refractivity (Wildman–Crippen MR) is 218 cm³/mol. The molecule has 19 atom stereocenters. The summed E-state index contributed by atoms with van der Waals surface area (Å²) in [5.41, 5.74) is -2.03. The number of esters is 1. The fourth-order valence-corrected chi connectivity index (χ4v) is 12.4. The second kappa shape index (κ2) is 16.3. The van der Waals surface area contributed by atoms with Gasteiger partial charge in [0, 0.05) is 38.5 Å². The lowest BCUT2D eigenvalue weighted by molar-refractivity contribution is -0.354. The van der Waals surface area contributed by atoms with E-state index in [0.29, 0.717) is 57.8 Å². The van der Waals surface area contributed by atoms with Crippen LogP contribution in [0.15, 0.2) is 23.8 Å². The third kappa shape index (κ3) is 8.00. The zero-order valence-electron chi connectivity index (χ0n) is 37.2. The van der Waals surface area contributed by atoms with Gasteiger partial charge in [0.05, 0.1) is 36.4 Å². The Bertz CT molecular complexity index is 1800. The van der Waals surface area contributed by atoms with E-state index in [1.54, 1.807) is 13.8 Å². The number of hydrogen-bond acceptors (Lipinski definition) is 15. The summed E-state index contributed by atoms with van der Waals surface area (Å²) in [5.74, 6) is -5.79. The standard InChI is InChI=1S/C47H68O15/c1-26-9-10-32-34(21-37(55-32)47(53)39(50)28(3)13-19-54-47)56-41(52)29(4)31-8-7-14-45(57-31)16-11-33(58-45)40(51)43(6)23-30(49)38(61-43)35-24-44(25-48)17-18-46(59-35,62-44)36-12-15-42(5,60-36)22-27(2)20-26/h9-10,20,25,27-29,31-40,50-51,53H,7-8,11-19,21-24H2,1-6H3/b10-9-,26-20-/t27-,28+,29+,31-,32+,33-,34+,35+,36+,37-,38-,39+,40-,42+,43+,44-,45-,46-,47+/m1/s1. The molecule has 3 N–H and O–H groups in total. The zero-order chi connectivity index (χ0) is 44.0. The van der Waals surface area contributed by atoms with Crippen LogP contribution in [0, 0.1) is 17.8 Å². The van der Waals surface area contributed by atoms with Crippen LogP contribution in [0.2, 0.25) is 0 Å². The first kappa shape index (κ1) is 45.0. The summed E-state index contributed by atoms with van der Waals surface area (Å²) in [6.07, 6.45) is 4.86. The molecule has 0 radical (unpaired) electrons. The number of carbonyl (C=O) groups excluding carboxylic acids is 3. The largest absolute Gasteiger partial charge is 0.459 e. The summed E-state index contributed by atoms with van der Waals surface area (Å²) in [6, 6.07) is 0. The first-order valence-electron chi connectivity index (χ1n) is 23.3. The molecule has 15 heteroatoms. The fraction of sp³-hybridized carbons (Fsp3) is 0.851. The van der Waals surface area contributed by atoms with Crippen LogP contribution < -0.4 is 0 Å². The summed E-state index contributed by atoms with van der Waals surface area (Å²) in [7, 11) is 0. The monoisotopic (exact) mass is 872 g/mol. The van der Waals surface area contributed by atoms with E-state index in [4.69, 9.17) is 42.6 Å². The minimum atomic E-state index is -1.97. The number of fused-ring (bicyclic) bond motifs is 10. The minimum absolute atomic E-state index is 0.0637. The summed E-state index contributed by atoms with van der Waals surface area (Å²) < 4.78 is 58.5. The highest BCUT2D eigenvalue weighted by Gasteiger charge is 2.66. The van der Waals surface area contributed by atoms with Crippen LogP contribution in [0.5, 0.6) is 0 Å². The molecule has 0 saturated carbocycles. The Kier molecular flexibility index (Phi) is 11.9. The predicted octanol–water partition coefficient (Wildman–Crippen LogP) is 4.43. The summed E-state index contributed by atoms with van der Waals surface area (Å²) in [6.45, 7) is 11.8. The highest BCUT2D eigenvalue weighted by molar-refractivity contribution is 5.87. The summed E-state index contributed by atoms with van der Waals surface area (Å²) >= 11 is 0. The molecule has 9 aliphatic heterocycles. The van der Waals surface area contributed by atoms with Crippen molar-refractivity contribution in [3.05, 3.63) is 23.8 Å². The van der Waals surface area contributed by atoms with E-state index in [0.717, 1.165) is 24.7 Å². The number of ketones is 1. The maximum atomic E-state index is 14.1. The van der Waals surface area contributed by atoms with Crippen molar-refractivity contribution in [2.24, 2.45) is 17.8 Å². The third-order valence-corrected chi connectivity index (χ3v) is 15.9. The zero-order valence-corrected chi connectivity index (χ0v) is 37.2. The van der Waals surface area contributed by atoms with E-state index in [9.17, 15) is 29.7 Å². The molecule has 9 heterocycles. The van der Waals surface area contributed by atoms with Crippen LogP contribution in [0.4, 0.5) is 0 Å². The van der Waals surface area contributed by atoms with Gasteiger partial charge in [-0.05, 0) is 90.9 Å². The first-order chi connectivity index (χ1) is 29.3. The molecule has 9 rings (SSSR count). The fourth-order valence-electron chi connectivity index (χ4n) is 12.4. The lowest BCUT2D eigenvalue weighted by Crippen LogP contribution is -2.59. The van der Waals surface area contributed by atoms with E-state index in [2.05, 4.69) is 19.9 Å². The van der Waals surface area contributed by atoms with Gasteiger partial charge in [-0.2, -0.15) is 0 Å². The molecule has 0 aromatic carbocycles. The van der Waals surface area contributed by atoms with Crippen molar-refractivity contribution in [2.75, 3.05) is 6.61 Å². The molecule has 0 amide bonds. The molecule has 8 fully saturated rings. The second-order valence-corrected chi connectivity index (χ2v) is 21.0. The first-order valence-corrected chi connectivity index (χ1v) is 23.3. The highest BCUT2D eigenvalue weighted by atomic mass is 16.8. The van der Waals surface area contributed by atoms with Crippen LogP contribution in [-0.4, -0.2) is 135 Å². The number of rotatable bonds is 2. The van der Waals surface area contributed by atoms with Crippen molar-refractivity contribution in [3.63, 3.8) is 0 Å². The van der Waals surface area contributed by atoms with Crippen molar-refractivity contribution >= 4 is 18.0 Å². The number of ether oxygens (including phenoxy) is 9. The molecule has 15 nitrogen and oxygen atoms in total. The molecule has 2 spiro atoms. The van der Waals surface area contributed by atoms with E-state index in [-0.39, 0.29) is 43.5 Å². The van der Waals surface area contributed by atoms with E-state index in [1.807, 2.05) is 26.0 Å². The van der Waals surface area contributed by atoms with Crippen LogP contribution in [-0.2, 0) is 57.0 Å². The molecule has 10 bridgehead atoms. The van der Waals surface area contributed by atoms with Crippen molar-refractivity contribution in [2.45, 2.75) is 227 Å². The van der Waals surface area contributed by atoms with Gasteiger partial charge >= 0.3 is 5.97 Å². The third-order valence-electron chi connectivity index (χ3n) is 15.9. The number of allylic oxidation sites excluding steroid dienone is 3. The SMILES string of the molecule is CC1=C/[C@@H](C)C[C@]2(C)CC[C@H](O2)[C@]23CC[C@](C=O)(C[C@H](O2)[C@@H]2O[C@@](C)(CC2=O)[C@H](O)[C@H]2CC[C@@]4(CCC[C@@H](O4)[C@H](C)C(=O)O[C@H]4C[C@H]([C@]5(O)OCC[C@H](C)[C@@H]5O)O[C@H]4/C=C\1)O2)O3.